The van der Waals surface area contributed by atoms with E-state index in [4.69, 9.17) is 5.73 Å². The maximum Gasteiger partial charge on any atom is 0.223 e. The summed E-state index contributed by atoms with van der Waals surface area (Å²) in [4.78, 5) is 12.1. The summed E-state index contributed by atoms with van der Waals surface area (Å²) in [7, 11) is 0. The first-order valence-electron chi connectivity index (χ1n) is 7.32. The topological polar surface area (TPSA) is 55.1 Å². The van der Waals surface area contributed by atoms with Crippen molar-refractivity contribution in [3.63, 3.8) is 0 Å². The van der Waals surface area contributed by atoms with Crippen LogP contribution in [0.15, 0.2) is 24.3 Å². The normalized spacial score (nSPS) is 26.4. The van der Waals surface area contributed by atoms with Gasteiger partial charge in [-0.3, -0.25) is 4.79 Å². The quantitative estimate of drug-likeness (QED) is 0.819. The highest BCUT2D eigenvalue weighted by Crippen LogP contribution is 2.54. The van der Waals surface area contributed by atoms with Gasteiger partial charge in [-0.2, -0.15) is 0 Å². The van der Waals surface area contributed by atoms with Gasteiger partial charge < -0.3 is 11.1 Å². The number of fused-ring (bicyclic) bond motifs is 1. The molecule has 0 aromatic heterocycles. The van der Waals surface area contributed by atoms with Crippen molar-refractivity contribution in [3.8, 4) is 11.8 Å². The molecule has 1 aromatic rings. The van der Waals surface area contributed by atoms with Crippen LogP contribution in [0.25, 0.3) is 0 Å². The number of nitrogens with one attached hydrogen (secondary N) is 1. The first kappa shape index (κ1) is 13.2. The molecule has 2 unspecified atom stereocenters. The first-order chi connectivity index (χ1) is 9.76. The van der Waals surface area contributed by atoms with Gasteiger partial charge in [0.15, 0.2) is 0 Å². The Kier molecular flexibility index (Phi) is 3.75. The van der Waals surface area contributed by atoms with E-state index in [1.54, 1.807) is 0 Å². The van der Waals surface area contributed by atoms with Crippen molar-refractivity contribution in [3.05, 3.63) is 35.4 Å². The summed E-state index contributed by atoms with van der Waals surface area (Å²) in [5.74, 6) is 8.02. The second-order valence-corrected chi connectivity index (χ2v) is 5.85. The zero-order chi connectivity index (χ0) is 13.9. The minimum Gasteiger partial charge on any atom is -0.352 e. The average molecular weight is 268 g/mol. The van der Waals surface area contributed by atoms with Crippen LogP contribution in [-0.2, 0) is 11.3 Å². The van der Waals surface area contributed by atoms with Crippen LogP contribution in [0.5, 0.6) is 0 Å². The van der Waals surface area contributed by atoms with Gasteiger partial charge in [-0.1, -0.05) is 24.0 Å². The maximum absolute atomic E-state index is 12.1. The summed E-state index contributed by atoms with van der Waals surface area (Å²) >= 11 is 0. The average Bonchev–Trinajstić information content (AvgIpc) is 3.09. The Balaban J connectivity index is 1.53. The van der Waals surface area contributed by atoms with Crippen LogP contribution in [0.4, 0.5) is 0 Å². The largest absolute Gasteiger partial charge is 0.352 e. The van der Waals surface area contributed by atoms with E-state index in [1.807, 2.05) is 24.3 Å². The van der Waals surface area contributed by atoms with E-state index in [2.05, 4.69) is 17.2 Å². The van der Waals surface area contributed by atoms with E-state index in [1.165, 1.54) is 6.42 Å². The number of rotatable bonds is 3. The molecule has 2 aliphatic rings. The van der Waals surface area contributed by atoms with Gasteiger partial charge >= 0.3 is 0 Å². The fourth-order valence-electron chi connectivity index (χ4n) is 3.17. The molecular formula is C17H20N2O. The van der Waals surface area contributed by atoms with E-state index in [0.717, 1.165) is 35.8 Å². The molecule has 0 bridgehead atoms. The Morgan fingerprint density at radius 3 is 2.85 bits per heavy atom. The van der Waals surface area contributed by atoms with E-state index < -0.39 is 0 Å². The number of hydrogen-bond donors (Lipinski definition) is 2. The molecule has 2 aliphatic carbocycles. The molecule has 3 nitrogen and oxygen atoms in total. The molecule has 0 radical (unpaired) electrons. The Morgan fingerprint density at radius 1 is 1.30 bits per heavy atom. The molecule has 2 fully saturated rings. The monoisotopic (exact) mass is 268 g/mol. The molecule has 0 heterocycles. The van der Waals surface area contributed by atoms with Gasteiger partial charge in [0, 0.05) is 18.0 Å². The van der Waals surface area contributed by atoms with Crippen LogP contribution in [0, 0.1) is 29.6 Å². The number of amides is 1. The summed E-state index contributed by atoms with van der Waals surface area (Å²) in [6, 6.07) is 7.94. The van der Waals surface area contributed by atoms with Crippen LogP contribution in [0.1, 0.15) is 30.4 Å². The summed E-state index contributed by atoms with van der Waals surface area (Å²) in [6.07, 6.45) is 3.54. The van der Waals surface area contributed by atoms with Crippen LogP contribution in [0.2, 0.25) is 0 Å². The molecule has 3 rings (SSSR count). The number of carbonyl (C=O) groups is 1. The van der Waals surface area contributed by atoms with Crippen molar-refractivity contribution < 1.29 is 4.79 Å². The standard InChI is InChI=1S/C17H20N2O/c18-6-2-5-12-3-1-4-13(7-12)11-19-17(20)16-9-14-8-15(14)10-16/h1,3-4,7,14-16H,6,8-11,18H2,(H,19,20). The molecule has 3 heteroatoms. The fraction of sp³-hybridized carbons (Fsp3) is 0.471. The lowest BCUT2D eigenvalue weighted by Crippen LogP contribution is -2.29. The zero-order valence-electron chi connectivity index (χ0n) is 11.6. The van der Waals surface area contributed by atoms with Gasteiger partial charge in [0.25, 0.3) is 0 Å². The fourth-order valence-corrected chi connectivity index (χ4v) is 3.17. The molecule has 1 aromatic carbocycles. The molecule has 2 atom stereocenters. The SMILES string of the molecule is NCC#Cc1cccc(CNC(=O)C2CC3CC3C2)c1. The molecule has 20 heavy (non-hydrogen) atoms. The number of hydrogen-bond acceptors (Lipinski definition) is 2. The van der Waals surface area contributed by atoms with Crippen LogP contribution in [0.3, 0.4) is 0 Å². The molecule has 0 spiro atoms. The van der Waals surface area contributed by atoms with Gasteiger partial charge in [0.05, 0.1) is 6.54 Å². The molecule has 2 saturated carbocycles. The number of nitrogens with two attached hydrogens (primary N) is 1. The van der Waals surface area contributed by atoms with Crippen molar-refractivity contribution in [1.29, 1.82) is 0 Å². The summed E-state index contributed by atoms with van der Waals surface area (Å²) in [5.41, 5.74) is 7.40. The maximum atomic E-state index is 12.1. The third kappa shape index (κ3) is 3.02. The highest BCUT2D eigenvalue weighted by atomic mass is 16.1. The summed E-state index contributed by atoms with van der Waals surface area (Å²) in [6.45, 7) is 0.952. The van der Waals surface area contributed by atoms with Crippen LogP contribution < -0.4 is 11.1 Å². The summed E-state index contributed by atoms with van der Waals surface area (Å²) in [5, 5.41) is 3.05. The molecule has 0 aliphatic heterocycles. The predicted octanol–water partition coefficient (Wildman–Crippen LogP) is 1.66. The molecule has 1 amide bonds. The second kappa shape index (κ2) is 5.68. The van der Waals surface area contributed by atoms with Crippen molar-refractivity contribution >= 4 is 5.91 Å². The van der Waals surface area contributed by atoms with Crippen LogP contribution in [-0.4, -0.2) is 12.5 Å². The van der Waals surface area contributed by atoms with Crippen molar-refractivity contribution in [1.82, 2.24) is 5.32 Å². The van der Waals surface area contributed by atoms with Gasteiger partial charge in [0.1, 0.15) is 0 Å². The van der Waals surface area contributed by atoms with Gasteiger partial charge in [-0.15, -0.1) is 0 Å². The highest BCUT2D eigenvalue weighted by Gasteiger charge is 2.47. The van der Waals surface area contributed by atoms with Crippen molar-refractivity contribution in [2.45, 2.75) is 25.8 Å². The molecule has 104 valence electrons. The van der Waals surface area contributed by atoms with Crippen molar-refractivity contribution in [2.75, 3.05) is 6.54 Å². The molecular weight excluding hydrogens is 248 g/mol. The van der Waals surface area contributed by atoms with E-state index >= 15 is 0 Å². The van der Waals surface area contributed by atoms with E-state index in [0.29, 0.717) is 13.1 Å². The Hall–Kier alpha value is -1.79. The lowest BCUT2D eigenvalue weighted by molar-refractivity contribution is -0.125. The highest BCUT2D eigenvalue weighted by molar-refractivity contribution is 5.79. The third-order valence-electron chi connectivity index (χ3n) is 4.34. The first-order valence-corrected chi connectivity index (χ1v) is 7.32. The Bertz CT molecular complexity index is 560. The summed E-state index contributed by atoms with van der Waals surface area (Å²) < 4.78 is 0. The zero-order valence-corrected chi connectivity index (χ0v) is 11.6. The van der Waals surface area contributed by atoms with Gasteiger partial charge in [-0.05, 0) is 48.8 Å². The van der Waals surface area contributed by atoms with Crippen LogP contribution >= 0.6 is 0 Å². The van der Waals surface area contributed by atoms with Crippen molar-refractivity contribution in [2.24, 2.45) is 23.5 Å². The number of benzene rings is 1. The lowest BCUT2D eigenvalue weighted by Gasteiger charge is -2.12. The second-order valence-electron chi connectivity index (χ2n) is 5.85. The lowest BCUT2D eigenvalue weighted by atomic mass is 10.0. The molecule has 3 N–H and O–H groups in total. The Labute approximate surface area is 119 Å². The predicted molar refractivity (Wildman–Crippen MR) is 78.5 cm³/mol. The van der Waals surface area contributed by atoms with E-state index in [9.17, 15) is 4.79 Å². The van der Waals surface area contributed by atoms with Gasteiger partial charge in [-0.25, -0.2) is 0 Å². The Morgan fingerprint density at radius 2 is 2.10 bits per heavy atom. The minimum absolute atomic E-state index is 0.218. The van der Waals surface area contributed by atoms with Gasteiger partial charge in [0.2, 0.25) is 5.91 Å². The minimum atomic E-state index is 0.218. The third-order valence-corrected chi connectivity index (χ3v) is 4.34. The molecule has 0 saturated heterocycles. The smallest absolute Gasteiger partial charge is 0.223 e. The number of carbonyl (C=O) groups excluding carboxylic acids is 1. The van der Waals surface area contributed by atoms with E-state index in [-0.39, 0.29) is 11.8 Å².